The Morgan fingerprint density at radius 3 is 2.42 bits per heavy atom. The van der Waals surface area contributed by atoms with Crippen LogP contribution in [0.3, 0.4) is 0 Å². The molecule has 0 unspecified atom stereocenters. The first-order valence-electron chi connectivity index (χ1n) is 5.45. The lowest BCUT2D eigenvalue weighted by Crippen LogP contribution is -1.87. The molecule has 0 atom stereocenters. The van der Waals surface area contributed by atoms with E-state index in [0.717, 1.165) is 0 Å². The van der Waals surface area contributed by atoms with Crippen LogP contribution in [0, 0.1) is 0 Å². The molecule has 0 aliphatic carbocycles. The molecule has 3 nitrogen and oxygen atoms in total. The number of ether oxygens (including phenoxy) is 1. The van der Waals surface area contributed by atoms with Gasteiger partial charge in [-0.05, 0) is 36.4 Å². The predicted molar refractivity (Wildman–Crippen MR) is 78.4 cm³/mol. The van der Waals surface area contributed by atoms with Crippen molar-refractivity contribution in [2.75, 3.05) is 7.11 Å². The summed E-state index contributed by atoms with van der Waals surface area (Å²) in [5.74, 6) is 0.765. The van der Waals surface area contributed by atoms with Crippen molar-refractivity contribution in [3.05, 3.63) is 52.0 Å². The Bertz CT molecular complexity index is 607. The molecule has 98 valence electrons. The lowest BCUT2D eigenvalue weighted by Gasteiger charge is -2.03. The summed E-state index contributed by atoms with van der Waals surface area (Å²) in [5, 5.41) is 10.7. The number of halogens is 2. The number of phenolic OH excluding ortho intramolecular Hbond substituents is 1. The van der Waals surface area contributed by atoms with Crippen LogP contribution in [-0.4, -0.2) is 18.4 Å². The molecule has 5 heteroatoms. The highest BCUT2D eigenvalue weighted by atomic mass is 35.5. The molecule has 0 amide bonds. The van der Waals surface area contributed by atoms with Crippen LogP contribution in [-0.2, 0) is 0 Å². The fraction of sp³-hybridized carbons (Fsp3) is 0.0714. The maximum absolute atomic E-state index is 9.72. The molecule has 0 aliphatic rings. The lowest BCUT2D eigenvalue weighted by molar-refractivity contribution is 0.412. The first-order valence-corrected chi connectivity index (χ1v) is 6.21. The van der Waals surface area contributed by atoms with Crippen LogP contribution < -0.4 is 4.74 Å². The molecule has 0 bridgehead atoms. The zero-order valence-electron chi connectivity index (χ0n) is 10.1. The van der Waals surface area contributed by atoms with Crippen molar-refractivity contribution in [3.8, 4) is 11.5 Å². The highest BCUT2D eigenvalue weighted by Crippen LogP contribution is 2.26. The number of phenols is 1. The van der Waals surface area contributed by atoms with Gasteiger partial charge in [0.2, 0.25) is 0 Å². The van der Waals surface area contributed by atoms with E-state index in [9.17, 15) is 5.11 Å². The molecule has 0 saturated heterocycles. The Kier molecular flexibility index (Phi) is 4.30. The van der Waals surface area contributed by atoms with Gasteiger partial charge < -0.3 is 9.84 Å². The first kappa shape index (κ1) is 13.7. The van der Waals surface area contributed by atoms with Crippen molar-refractivity contribution in [1.82, 2.24) is 0 Å². The molecule has 2 rings (SSSR count). The van der Waals surface area contributed by atoms with Gasteiger partial charge in [-0.1, -0.05) is 23.2 Å². The molecule has 0 aromatic heterocycles. The number of hydrogen-bond donors (Lipinski definition) is 1. The Morgan fingerprint density at radius 2 is 1.79 bits per heavy atom. The van der Waals surface area contributed by atoms with E-state index in [2.05, 4.69) is 4.99 Å². The van der Waals surface area contributed by atoms with Gasteiger partial charge in [0.15, 0.2) is 0 Å². The SMILES string of the molecule is COc1ccc(O)c(C=Nc2cc(Cl)cc(Cl)c2)c1. The van der Waals surface area contributed by atoms with Crippen molar-refractivity contribution >= 4 is 35.1 Å². The summed E-state index contributed by atoms with van der Waals surface area (Å²) in [4.78, 5) is 4.22. The summed E-state index contributed by atoms with van der Waals surface area (Å²) in [6.45, 7) is 0. The fourth-order valence-corrected chi connectivity index (χ4v) is 2.04. The van der Waals surface area contributed by atoms with Crippen molar-refractivity contribution in [2.24, 2.45) is 4.99 Å². The van der Waals surface area contributed by atoms with Gasteiger partial charge >= 0.3 is 0 Å². The smallest absolute Gasteiger partial charge is 0.124 e. The average Bonchev–Trinajstić information content (AvgIpc) is 2.37. The van der Waals surface area contributed by atoms with Crippen LogP contribution in [0.2, 0.25) is 10.0 Å². The topological polar surface area (TPSA) is 41.8 Å². The van der Waals surface area contributed by atoms with Crippen molar-refractivity contribution in [3.63, 3.8) is 0 Å². The van der Waals surface area contributed by atoms with Gasteiger partial charge in [0, 0.05) is 21.8 Å². The molecule has 0 spiro atoms. The van der Waals surface area contributed by atoms with Gasteiger partial charge in [-0.25, -0.2) is 0 Å². The van der Waals surface area contributed by atoms with Gasteiger partial charge in [-0.3, -0.25) is 4.99 Å². The summed E-state index contributed by atoms with van der Waals surface area (Å²) in [6, 6.07) is 9.90. The Labute approximate surface area is 121 Å². The summed E-state index contributed by atoms with van der Waals surface area (Å²) in [5.41, 5.74) is 1.16. The van der Waals surface area contributed by atoms with Gasteiger partial charge in [-0.15, -0.1) is 0 Å². The van der Waals surface area contributed by atoms with Crippen LogP contribution >= 0.6 is 23.2 Å². The third-order valence-corrected chi connectivity index (χ3v) is 2.87. The molecule has 2 aromatic carbocycles. The highest BCUT2D eigenvalue weighted by Gasteiger charge is 2.01. The maximum atomic E-state index is 9.72. The van der Waals surface area contributed by atoms with Crippen molar-refractivity contribution < 1.29 is 9.84 Å². The zero-order valence-corrected chi connectivity index (χ0v) is 11.6. The largest absolute Gasteiger partial charge is 0.507 e. The first-order chi connectivity index (χ1) is 9.08. The van der Waals surface area contributed by atoms with Crippen LogP contribution in [0.5, 0.6) is 11.5 Å². The number of rotatable bonds is 3. The monoisotopic (exact) mass is 295 g/mol. The molecule has 2 aromatic rings. The standard InChI is InChI=1S/C14H11Cl2NO2/c1-19-13-2-3-14(18)9(4-13)8-17-12-6-10(15)5-11(16)7-12/h2-8,18H,1H3. The number of hydrogen-bond acceptors (Lipinski definition) is 3. The Morgan fingerprint density at radius 1 is 1.11 bits per heavy atom. The quantitative estimate of drug-likeness (QED) is 0.850. The lowest BCUT2D eigenvalue weighted by atomic mass is 10.2. The van der Waals surface area contributed by atoms with Crippen molar-refractivity contribution in [2.45, 2.75) is 0 Å². The minimum atomic E-state index is 0.123. The minimum Gasteiger partial charge on any atom is -0.507 e. The number of benzene rings is 2. The Balaban J connectivity index is 2.31. The molecule has 19 heavy (non-hydrogen) atoms. The number of aromatic hydroxyl groups is 1. The van der Waals surface area contributed by atoms with Crippen LogP contribution in [0.4, 0.5) is 5.69 Å². The molecule has 0 fully saturated rings. The van der Waals surface area contributed by atoms with Crippen LogP contribution in [0.25, 0.3) is 0 Å². The normalized spacial score (nSPS) is 10.9. The van der Waals surface area contributed by atoms with E-state index in [1.54, 1.807) is 43.5 Å². The van der Waals surface area contributed by atoms with E-state index < -0.39 is 0 Å². The van der Waals surface area contributed by atoms with E-state index in [1.807, 2.05) is 0 Å². The summed E-state index contributed by atoms with van der Waals surface area (Å²) < 4.78 is 5.09. The van der Waals surface area contributed by atoms with Crippen LogP contribution in [0.1, 0.15) is 5.56 Å². The highest BCUT2D eigenvalue weighted by molar-refractivity contribution is 6.35. The summed E-state index contributed by atoms with van der Waals surface area (Å²) in [7, 11) is 1.56. The molecule has 0 saturated carbocycles. The second kappa shape index (κ2) is 5.95. The van der Waals surface area contributed by atoms with Crippen LogP contribution in [0.15, 0.2) is 41.4 Å². The van der Waals surface area contributed by atoms with E-state index in [-0.39, 0.29) is 5.75 Å². The number of nitrogens with zero attached hydrogens (tertiary/aromatic N) is 1. The zero-order chi connectivity index (χ0) is 13.8. The maximum Gasteiger partial charge on any atom is 0.124 e. The molecular weight excluding hydrogens is 285 g/mol. The number of methoxy groups -OCH3 is 1. The van der Waals surface area contributed by atoms with E-state index >= 15 is 0 Å². The fourth-order valence-electron chi connectivity index (χ4n) is 1.52. The van der Waals surface area contributed by atoms with Gasteiger partial charge in [0.05, 0.1) is 12.8 Å². The molecular formula is C14H11Cl2NO2. The third kappa shape index (κ3) is 3.63. The van der Waals surface area contributed by atoms with E-state index in [4.69, 9.17) is 27.9 Å². The average molecular weight is 296 g/mol. The molecule has 1 N–H and O–H groups in total. The predicted octanol–water partition coefficient (Wildman–Crippen LogP) is 4.46. The second-order valence-electron chi connectivity index (χ2n) is 3.81. The van der Waals surface area contributed by atoms with Crippen molar-refractivity contribution in [1.29, 1.82) is 0 Å². The molecule has 0 heterocycles. The van der Waals surface area contributed by atoms with Gasteiger partial charge in [-0.2, -0.15) is 0 Å². The van der Waals surface area contributed by atoms with Gasteiger partial charge in [0.1, 0.15) is 11.5 Å². The van der Waals surface area contributed by atoms with E-state index in [1.165, 1.54) is 6.21 Å². The second-order valence-corrected chi connectivity index (χ2v) is 4.68. The molecule has 0 aliphatic heterocycles. The Hall–Kier alpha value is -1.71. The van der Waals surface area contributed by atoms with E-state index in [0.29, 0.717) is 27.0 Å². The minimum absolute atomic E-state index is 0.123. The number of aliphatic imine (C=N–C) groups is 1. The summed E-state index contributed by atoms with van der Waals surface area (Å²) in [6.07, 6.45) is 1.53. The summed E-state index contributed by atoms with van der Waals surface area (Å²) >= 11 is 11.8. The van der Waals surface area contributed by atoms with Gasteiger partial charge in [0.25, 0.3) is 0 Å². The molecule has 0 radical (unpaired) electrons. The third-order valence-electron chi connectivity index (χ3n) is 2.43.